The third-order valence-corrected chi connectivity index (χ3v) is 6.64. The standard InChI is InChI=1S/C38H47N/c1-6-8-19-33(4)34(5)27-25-32(3)26-29-37(36-22-15-11-16-23-36)24-17-12-18-31-39-38(7-2)30-28-35-20-13-9-10-14-21-35/h6-11,13-19,22-29,31,37-39H,2,12,20-21,30H2,1,3-5H3/b8-6-,24-17?,29-26-,31-18+,32-25+,33-19+,34-27+. The van der Waals surface area contributed by atoms with Gasteiger partial charge in [0.25, 0.3) is 0 Å². The van der Waals surface area contributed by atoms with Gasteiger partial charge in [0.15, 0.2) is 0 Å². The Hall–Kier alpha value is -3.84. The van der Waals surface area contributed by atoms with Crippen molar-refractivity contribution in [2.45, 2.75) is 65.3 Å². The zero-order chi connectivity index (χ0) is 28.1. The van der Waals surface area contributed by atoms with Gasteiger partial charge in [-0.2, -0.15) is 0 Å². The van der Waals surface area contributed by atoms with Crippen LogP contribution in [-0.4, -0.2) is 6.04 Å². The fourth-order valence-electron chi connectivity index (χ4n) is 3.97. The Bertz CT molecular complexity index is 1160. The molecule has 1 aliphatic carbocycles. The number of allylic oxidation sites excluding steroid dienone is 18. The summed E-state index contributed by atoms with van der Waals surface area (Å²) >= 11 is 0. The molecule has 0 aliphatic heterocycles. The molecule has 1 nitrogen and oxygen atoms in total. The van der Waals surface area contributed by atoms with Crippen molar-refractivity contribution in [3.63, 3.8) is 0 Å². The normalized spacial score (nSPS) is 16.9. The monoisotopic (exact) mass is 517 g/mol. The maximum Gasteiger partial charge on any atom is 0.0470 e. The lowest BCUT2D eigenvalue weighted by molar-refractivity contribution is 0.706. The second-order valence-electron chi connectivity index (χ2n) is 9.87. The summed E-state index contributed by atoms with van der Waals surface area (Å²) in [6, 6.07) is 10.9. The number of rotatable bonds is 14. The highest BCUT2D eigenvalue weighted by Crippen LogP contribution is 2.20. The van der Waals surface area contributed by atoms with E-state index >= 15 is 0 Å². The van der Waals surface area contributed by atoms with Crippen LogP contribution in [-0.2, 0) is 0 Å². The van der Waals surface area contributed by atoms with E-state index in [1.807, 2.05) is 13.0 Å². The van der Waals surface area contributed by atoms with Crippen LogP contribution in [0.1, 0.15) is 64.9 Å². The summed E-state index contributed by atoms with van der Waals surface area (Å²) < 4.78 is 0. The Morgan fingerprint density at radius 1 is 0.923 bits per heavy atom. The molecule has 0 amide bonds. The van der Waals surface area contributed by atoms with E-state index in [9.17, 15) is 0 Å². The molecule has 204 valence electrons. The molecule has 1 N–H and O–H groups in total. The Balaban J connectivity index is 1.96. The molecule has 0 bridgehead atoms. The van der Waals surface area contributed by atoms with Gasteiger partial charge in [0, 0.05) is 12.0 Å². The molecule has 0 saturated heterocycles. The SMILES string of the molecule is C=CC(CC=C1CC=CC=CC1)N/C=C/CC=CC(\C=C/C(C)=C/C=C(C)/C(C)=C/C=C\C)c1ccccc1. The number of hydrogen-bond acceptors (Lipinski definition) is 1. The van der Waals surface area contributed by atoms with Crippen molar-refractivity contribution < 1.29 is 0 Å². The molecular weight excluding hydrogens is 470 g/mol. The minimum Gasteiger partial charge on any atom is -0.385 e. The second-order valence-corrected chi connectivity index (χ2v) is 9.87. The number of benzene rings is 1. The van der Waals surface area contributed by atoms with Crippen molar-refractivity contribution in [3.05, 3.63) is 168 Å². The Labute approximate surface area is 238 Å². The van der Waals surface area contributed by atoms with E-state index in [4.69, 9.17) is 0 Å². The van der Waals surface area contributed by atoms with Gasteiger partial charge in [0.05, 0.1) is 0 Å². The average Bonchev–Trinajstić information content (AvgIpc) is 3.24. The Morgan fingerprint density at radius 2 is 1.64 bits per heavy atom. The molecule has 2 unspecified atom stereocenters. The quantitative estimate of drug-likeness (QED) is 0.191. The summed E-state index contributed by atoms with van der Waals surface area (Å²) in [5.74, 6) is 0.229. The van der Waals surface area contributed by atoms with Crippen molar-refractivity contribution in [2.75, 3.05) is 0 Å². The average molecular weight is 518 g/mol. The second kappa shape index (κ2) is 19.3. The van der Waals surface area contributed by atoms with Gasteiger partial charge >= 0.3 is 0 Å². The lowest BCUT2D eigenvalue weighted by Crippen LogP contribution is -2.20. The molecule has 0 heterocycles. The van der Waals surface area contributed by atoms with Crippen LogP contribution in [0.4, 0.5) is 0 Å². The van der Waals surface area contributed by atoms with Crippen LogP contribution in [0.25, 0.3) is 0 Å². The van der Waals surface area contributed by atoms with Crippen molar-refractivity contribution in [1.82, 2.24) is 5.32 Å². The molecule has 0 saturated carbocycles. The highest BCUT2D eigenvalue weighted by Gasteiger charge is 2.03. The molecule has 0 fully saturated rings. The van der Waals surface area contributed by atoms with E-state index in [1.165, 1.54) is 27.9 Å². The summed E-state index contributed by atoms with van der Waals surface area (Å²) in [6.07, 6.45) is 40.9. The zero-order valence-corrected chi connectivity index (χ0v) is 24.4. The maximum atomic E-state index is 4.00. The highest BCUT2D eigenvalue weighted by molar-refractivity contribution is 5.36. The minimum atomic E-state index is 0.229. The van der Waals surface area contributed by atoms with Gasteiger partial charge in [-0.1, -0.05) is 139 Å². The van der Waals surface area contributed by atoms with Crippen LogP contribution in [0.3, 0.4) is 0 Å². The van der Waals surface area contributed by atoms with Gasteiger partial charge in [-0.25, -0.2) is 0 Å². The van der Waals surface area contributed by atoms with Gasteiger partial charge in [0.2, 0.25) is 0 Å². The predicted molar refractivity (Wildman–Crippen MR) is 175 cm³/mol. The van der Waals surface area contributed by atoms with Gasteiger partial charge in [-0.3, -0.25) is 0 Å². The van der Waals surface area contributed by atoms with Crippen LogP contribution in [0.5, 0.6) is 0 Å². The predicted octanol–water partition coefficient (Wildman–Crippen LogP) is 10.6. The molecule has 0 spiro atoms. The van der Waals surface area contributed by atoms with Crippen molar-refractivity contribution in [3.8, 4) is 0 Å². The molecule has 39 heavy (non-hydrogen) atoms. The fourth-order valence-corrected chi connectivity index (χ4v) is 3.97. The van der Waals surface area contributed by atoms with Gasteiger partial charge in [-0.15, -0.1) is 6.58 Å². The molecule has 1 aromatic rings. The van der Waals surface area contributed by atoms with Crippen molar-refractivity contribution >= 4 is 0 Å². The first-order chi connectivity index (χ1) is 19.0. The molecule has 1 heteroatoms. The first-order valence-electron chi connectivity index (χ1n) is 14.1. The third-order valence-electron chi connectivity index (χ3n) is 6.64. The fraction of sp³-hybridized carbons (Fsp3) is 0.263. The lowest BCUT2D eigenvalue weighted by atomic mass is 9.97. The minimum absolute atomic E-state index is 0.229. The molecule has 2 atom stereocenters. The van der Waals surface area contributed by atoms with E-state index < -0.39 is 0 Å². The Morgan fingerprint density at radius 3 is 2.33 bits per heavy atom. The van der Waals surface area contributed by atoms with E-state index in [1.54, 1.807) is 0 Å². The highest BCUT2D eigenvalue weighted by atomic mass is 14.9. The zero-order valence-electron chi connectivity index (χ0n) is 24.4. The van der Waals surface area contributed by atoms with E-state index in [2.05, 4.69) is 160 Å². The first-order valence-corrected chi connectivity index (χ1v) is 14.1. The molecule has 1 aliphatic rings. The first kappa shape index (κ1) is 31.4. The lowest BCUT2D eigenvalue weighted by Gasteiger charge is -2.11. The van der Waals surface area contributed by atoms with Crippen molar-refractivity contribution in [2.24, 2.45) is 0 Å². The van der Waals surface area contributed by atoms with Crippen molar-refractivity contribution in [1.29, 1.82) is 0 Å². The van der Waals surface area contributed by atoms with Crippen LogP contribution in [0.15, 0.2) is 163 Å². The maximum absolute atomic E-state index is 4.00. The summed E-state index contributed by atoms with van der Waals surface area (Å²) in [4.78, 5) is 0. The molecule has 1 aromatic carbocycles. The molecule has 0 radical (unpaired) electrons. The summed E-state index contributed by atoms with van der Waals surface area (Å²) in [5, 5.41) is 3.48. The van der Waals surface area contributed by atoms with Crippen LogP contribution in [0.2, 0.25) is 0 Å². The molecular formula is C38H47N. The number of hydrogen-bond donors (Lipinski definition) is 1. The van der Waals surface area contributed by atoms with E-state index in [0.717, 1.165) is 25.7 Å². The summed E-state index contributed by atoms with van der Waals surface area (Å²) in [5.41, 5.74) is 6.54. The topological polar surface area (TPSA) is 12.0 Å². The van der Waals surface area contributed by atoms with E-state index in [-0.39, 0.29) is 12.0 Å². The largest absolute Gasteiger partial charge is 0.385 e. The van der Waals surface area contributed by atoms with Crippen LogP contribution >= 0.6 is 0 Å². The summed E-state index contributed by atoms with van der Waals surface area (Å²) in [6.45, 7) is 12.5. The molecule has 0 aromatic heterocycles. The van der Waals surface area contributed by atoms with Crippen LogP contribution < -0.4 is 5.32 Å². The summed E-state index contributed by atoms with van der Waals surface area (Å²) in [7, 11) is 0. The van der Waals surface area contributed by atoms with E-state index in [0.29, 0.717) is 0 Å². The number of nitrogens with one attached hydrogen (secondary N) is 1. The van der Waals surface area contributed by atoms with Gasteiger partial charge in [-0.05, 0) is 76.3 Å². The Kier molecular flexibility index (Phi) is 15.5. The van der Waals surface area contributed by atoms with Crippen LogP contribution in [0, 0.1) is 0 Å². The van der Waals surface area contributed by atoms with Gasteiger partial charge < -0.3 is 5.32 Å². The van der Waals surface area contributed by atoms with Gasteiger partial charge in [0.1, 0.15) is 0 Å². The smallest absolute Gasteiger partial charge is 0.0470 e. The molecule has 2 rings (SSSR count). The third kappa shape index (κ3) is 13.5.